The van der Waals surface area contributed by atoms with Gasteiger partial charge in [-0.2, -0.15) is 0 Å². The van der Waals surface area contributed by atoms with Gasteiger partial charge in [0.25, 0.3) is 0 Å². The molecule has 0 aliphatic rings. The smallest absolute Gasteiger partial charge is 0.246 e. The minimum absolute atomic E-state index is 0.0537. The number of hydrogen-bond donors (Lipinski definition) is 2. The lowest BCUT2D eigenvalue weighted by atomic mass is 9.87. The Morgan fingerprint density at radius 2 is 2.06 bits per heavy atom. The summed E-state index contributed by atoms with van der Waals surface area (Å²) in [5.74, 6) is -0.0537. The Balaban J connectivity index is 3.65. The van der Waals surface area contributed by atoms with Crippen molar-refractivity contribution in [2.75, 3.05) is 26.3 Å². The number of nitrogens with two attached hydrogens (primary N) is 1. The minimum atomic E-state index is -0.0537. The molecule has 0 spiro atoms. The zero-order valence-corrected chi connectivity index (χ0v) is 11.6. The van der Waals surface area contributed by atoms with Gasteiger partial charge in [0.05, 0.1) is 6.61 Å². The van der Waals surface area contributed by atoms with E-state index >= 15 is 0 Å². The molecule has 0 heterocycles. The average Bonchev–Trinajstić information content (AvgIpc) is 2.27. The van der Waals surface area contributed by atoms with Gasteiger partial charge in [0.15, 0.2) is 0 Å². The lowest BCUT2D eigenvalue weighted by Gasteiger charge is -2.24. The number of nitrogens with one attached hydrogen (secondary N) is 1. The van der Waals surface area contributed by atoms with Gasteiger partial charge >= 0.3 is 0 Å². The zero-order chi connectivity index (χ0) is 13.1. The number of amides is 1. The number of unbranched alkanes of at least 4 members (excludes halogenated alkanes) is 2. The molecule has 102 valence electrons. The van der Waals surface area contributed by atoms with E-state index in [9.17, 15) is 4.79 Å². The number of ether oxygens (including phenoxy) is 1. The molecule has 0 saturated heterocycles. The molecular weight excluding hydrogens is 216 g/mol. The lowest BCUT2D eigenvalue weighted by molar-refractivity contribution is -0.126. The second-order valence-electron chi connectivity index (χ2n) is 5.24. The van der Waals surface area contributed by atoms with Gasteiger partial charge < -0.3 is 15.8 Å². The summed E-state index contributed by atoms with van der Waals surface area (Å²) in [5, 5.41) is 2.90. The fraction of sp³-hybridized carbons (Fsp3) is 0.923. The quantitative estimate of drug-likeness (QED) is 0.575. The van der Waals surface area contributed by atoms with Gasteiger partial charge in [-0.1, -0.05) is 40.0 Å². The predicted octanol–water partition coefficient (Wildman–Crippen LogP) is 1.68. The summed E-state index contributed by atoms with van der Waals surface area (Å²) in [6, 6.07) is 0. The molecule has 1 amide bonds. The normalized spacial score (nSPS) is 11.5. The van der Waals surface area contributed by atoms with E-state index in [0.717, 1.165) is 6.42 Å². The molecule has 4 nitrogen and oxygen atoms in total. The van der Waals surface area contributed by atoms with E-state index in [1.54, 1.807) is 0 Å². The van der Waals surface area contributed by atoms with Crippen LogP contribution in [0.3, 0.4) is 0 Å². The molecule has 3 N–H and O–H groups in total. The molecule has 4 heteroatoms. The monoisotopic (exact) mass is 244 g/mol. The van der Waals surface area contributed by atoms with Gasteiger partial charge in [-0.25, -0.2) is 0 Å². The first-order valence-electron chi connectivity index (χ1n) is 6.56. The average molecular weight is 244 g/mol. The van der Waals surface area contributed by atoms with Crippen molar-refractivity contribution >= 4 is 5.91 Å². The molecule has 17 heavy (non-hydrogen) atoms. The van der Waals surface area contributed by atoms with Crippen LogP contribution < -0.4 is 11.1 Å². The summed E-state index contributed by atoms with van der Waals surface area (Å²) >= 11 is 0. The van der Waals surface area contributed by atoms with Crippen molar-refractivity contribution in [3.63, 3.8) is 0 Å². The van der Waals surface area contributed by atoms with E-state index in [2.05, 4.69) is 26.1 Å². The van der Waals surface area contributed by atoms with Crippen molar-refractivity contribution in [3.8, 4) is 0 Å². The van der Waals surface area contributed by atoms with Crippen LogP contribution in [0.4, 0.5) is 0 Å². The van der Waals surface area contributed by atoms with Gasteiger partial charge in [0.1, 0.15) is 6.61 Å². The maximum absolute atomic E-state index is 11.4. The highest BCUT2D eigenvalue weighted by molar-refractivity contribution is 5.77. The van der Waals surface area contributed by atoms with Crippen LogP contribution >= 0.6 is 0 Å². The number of rotatable bonds is 10. The van der Waals surface area contributed by atoms with Crippen LogP contribution in [0, 0.1) is 5.41 Å². The highest BCUT2D eigenvalue weighted by Gasteiger charge is 2.18. The molecule has 0 aliphatic heterocycles. The van der Waals surface area contributed by atoms with Crippen LogP contribution in [-0.2, 0) is 9.53 Å². The standard InChI is InChI=1S/C13H28N2O2/c1-4-5-6-7-13(2,3)11-15-12(16)10-17-9-8-14/h4-11,14H2,1-3H3,(H,15,16). The van der Waals surface area contributed by atoms with Crippen LogP contribution in [0.15, 0.2) is 0 Å². The second kappa shape index (κ2) is 9.42. The topological polar surface area (TPSA) is 64.3 Å². The van der Waals surface area contributed by atoms with Gasteiger partial charge in [0.2, 0.25) is 5.91 Å². The van der Waals surface area contributed by atoms with Gasteiger partial charge in [-0.05, 0) is 11.8 Å². The summed E-state index contributed by atoms with van der Waals surface area (Å²) in [4.78, 5) is 11.4. The number of carbonyl (C=O) groups is 1. The Morgan fingerprint density at radius 3 is 2.65 bits per heavy atom. The fourth-order valence-electron chi connectivity index (χ4n) is 1.58. The van der Waals surface area contributed by atoms with E-state index < -0.39 is 0 Å². The largest absolute Gasteiger partial charge is 0.370 e. The molecule has 0 aromatic heterocycles. The van der Waals surface area contributed by atoms with Crippen LogP contribution in [0.1, 0.15) is 46.5 Å². The highest BCUT2D eigenvalue weighted by atomic mass is 16.5. The molecule has 0 rings (SSSR count). The summed E-state index contributed by atoms with van der Waals surface area (Å²) in [7, 11) is 0. The Kier molecular flexibility index (Phi) is 9.09. The maximum atomic E-state index is 11.4. The molecule has 0 radical (unpaired) electrons. The first kappa shape index (κ1) is 16.4. The molecule has 0 aromatic carbocycles. The highest BCUT2D eigenvalue weighted by Crippen LogP contribution is 2.22. The summed E-state index contributed by atoms with van der Waals surface area (Å²) in [6.45, 7) is 8.28. The minimum Gasteiger partial charge on any atom is -0.370 e. The molecule has 0 saturated carbocycles. The van der Waals surface area contributed by atoms with Crippen LogP contribution in [0.5, 0.6) is 0 Å². The Morgan fingerprint density at radius 1 is 1.35 bits per heavy atom. The third kappa shape index (κ3) is 10.3. The first-order valence-corrected chi connectivity index (χ1v) is 6.56. The molecular formula is C13H28N2O2. The lowest BCUT2D eigenvalue weighted by Crippen LogP contribution is -2.36. The molecule has 0 unspecified atom stereocenters. The Hall–Kier alpha value is -0.610. The fourth-order valence-corrected chi connectivity index (χ4v) is 1.58. The van der Waals surface area contributed by atoms with Crippen LogP contribution in [-0.4, -0.2) is 32.2 Å². The van der Waals surface area contributed by atoms with Crippen LogP contribution in [0.2, 0.25) is 0 Å². The first-order chi connectivity index (χ1) is 8.02. The van der Waals surface area contributed by atoms with Gasteiger partial charge in [-0.3, -0.25) is 4.79 Å². The molecule has 0 aromatic rings. The van der Waals surface area contributed by atoms with Gasteiger partial charge in [0, 0.05) is 13.1 Å². The van der Waals surface area contributed by atoms with Crippen molar-refractivity contribution < 1.29 is 9.53 Å². The van der Waals surface area contributed by atoms with Crippen molar-refractivity contribution in [1.82, 2.24) is 5.32 Å². The van der Waals surface area contributed by atoms with E-state index in [1.807, 2.05) is 0 Å². The molecule has 0 aliphatic carbocycles. The summed E-state index contributed by atoms with van der Waals surface area (Å²) in [6.07, 6.45) is 4.86. The van der Waals surface area contributed by atoms with Gasteiger partial charge in [-0.15, -0.1) is 0 Å². The molecule has 0 fully saturated rings. The van der Waals surface area contributed by atoms with Crippen LogP contribution in [0.25, 0.3) is 0 Å². The Labute approximate surface area is 105 Å². The maximum Gasteiger partial charge on any atom is 0.246 e. The predicted molar refractivity (Wildman–Crippen MR) is 70.8 cm³/mol. The zero-order valence-electron chi connectivity index (χ0n) is 11.6. The molecule has 0 bridgehead atoms. The second-order valence-corrected chi connectivity index (χ2v) is 5.24. The van der Waals surface area contributed by atoms with E-state index in [1.165, 1.54) is 19.3 Å². The summed E-state index contributed by atoms with van der Waals surface area (Å²) < 4.78 is 5.07. The van der Waals surface area contributed by atoms with Crippen molar-refractivity contribution in [1.29, 1.82) is 0 Å². The van der Waals surface area contributed by atoms with E-state index in [0.29, 0.717) is 19.7 Å². The van der Waals surface area contributed by atoms with Crippen molar-refractivity contribution in [3.05, 3.63) is 0 Å². The third-order valence-electron chi connectivity index (χ3n) is 2.72. The van der Waals surface area contributed by atoms with Crippen molar-refractivity contribution in [2.45, 2.75) is 46.5 Å². The van der Waals surface area contributed by atoms with E-state index in [4.69, 9.17) is 10.5 Å². The third-order valence-corrected chi connectivity index (χ3v) is 2.72. The number of carbonyl (C=O) groups excluding carboxylic acids is 1. The molecule has 0 atom stereocenters. The number of hydrogen-bond acceptors (Lipinski definition) is 3. The van der Waals surface area contributed by atoms with E-state index in [-0.39, 0.29) is 17.9 Å². The summed E-state index contributed by atoms with van der Waals surface area (Å²) in [5.41, 5.74) is 5.43. The Bertz CT molecular complexity index is 206. The SMILES string of the molecule is CCCCCC(C)(C)CNC(=O)COCCN. The van der Waals surface area contributed by atoms with Crippen molar-refractivity contribution in [2.24, 2.45) is 11.1 Å².